The highest BCUT2D eigenvalue weighted by molar-refractivity contribution is 6.03. The van der Waals surface area contributed by atoms with Crippen LogP contribution in [0, 0.1) is 0 Å². The first kappa shape index (κ1) is 28.4. The fourth-order valence-electron chi connectivity index (χ4n) is 5.72. The first-order chi connectivity index (χ1) is 19.9. The van der Waals surface area contributed by atoms with E-state index in [1.165, 1.54) is 11.1 Å². The number of piperazine rings is 1. The maximum absolute atomic E-state index is 14.0. The van der Waals surface area contributed by atoms with Crippen LogP contribution < -0.4 is 14.8 Å². The van der Waals surface area contributed by atoms with Crippen LogP contribution in [0.25, 0.3) is 5.57 Å². The van der Waals surface area contributed by atoms with Crippen molar-refractivity contribution >= 4 is 17.4 Å². The zero-order valence-corrected chi connectivity index (χ0v) is 24.1. The molecule has 2 heterocycles. The molecule has 1 fully saturated rings. The highest BCUT2D eigenvalue weighted by Gasteiger charge is 2.39. The van der Waals surface area contributed by atoms with Gasteiger partial charge in [-0.1, -0.05) is 60.7 Å². The molecule has 2 aliphatic rings. The third-order valence-corrected chi connectivity index (χ3v) is 8.01. The Bertz CT molecular complexity index is 1390. The molecule has 0 radical (unpaired) electrons. The number of amides is 2. The van der Waals surface area contributed by atoms with E-state index < -0.39 is 0 Å². The van der Waals surface area contributed by atoms with E-state index in [0.29, 0.717) is 32.7 Å². The third kappa shape index (κ3) is 6.98. The topological polar surface area (TPSA) is 71.1 Å². The number of fused-ring (bicyclic) bond motifs is 2. The summed E-state index contributed by atoms with van der Waals surface area (Å²) in [5.74, 6) is 1.63. The molecule has 0 aromatic heterocycles. The van der Waals surface area contributed by atoms with Crippen molar-refractivity contribution < 1.29 is 19.1 Å². The average molecular weight is 554 g/mol. The summed E-state index contributed by atoms with van der Waals surface area (Å²) in [4.78, 5) is 29.9. The van der Waals surface area contributed by atoms with Crippen molar-refractivity contribution in [3.05, 3.63) is 101 Å². The molecule has 0 aliphatic carbocycles. The molecule has 2 atom stereocenters. The second-order valence-electron chi connectivity index (χ2n) is 10.9. The second kappa shape index (κ2) is 13.0. The lowest BCUT2D eigenvalue weighted by atomic mass is 9.82. The molecule has 5 rings (SSSR count). The maximum Gasteiger partial charge on any atom is 0.251 e. The van der Waals surface area contributed by atoms with Gasteiger partial charge in [-0.3, -0.25) is 9.59 Å². The van der Waals surface area contributed by atoms with Gasteiger partial charge < -0.3 is 24.6 Å². The van der Waals surface area contributed by atoms with Crippen LogP contribution in [0.3, 0.4) is 0 Å². The van der Waals surface area contributed by atoms with Crippen molar-refractivity contribution in [2.75, 3.05) is 40.4 Å². The normalized spacial score (nSPS) is 18.2. The number of nitrogens with one attached hydrogen (secondary N) is 1. The molecule has 0 saturated carbocycles. The fraction of sp³-hybridized carbons (Fsp3) is 0.353. The average Bonchev–Trinajstić information content (AvgIpc) is 3.00. The molecule has 0 spiro atoms. The predicted octanol–water partition coefficient (Wildman–Crippen LogP) is 4.36. The molecule has 2 unspecified atom stereocenters. The van der Waals surface area contributed by atoms with Gasteiger partial charge in [0.15, 0.2) is 0 Å². The van der Waals surface area contributed by atoms with Crippen LogP contribution in [0.1, 0.15) is 30.0 Å². The molecule has 1 N–H and O–H groups in total. The van der Waals surface area contributed by atoms with Gasteiger partial charge in [0, 0.05) is 57.7 Å². The summed E-state index contributed by atoms with van der Waals surface area (Å²) in [6, 6.07) is 26.3. The summed E-state index contributed by atoms with van der Waals surface area (Å²) in [6.45, 7) is 3.94. The molecule has 3 aromatic rings. The lowest BCUT2D eigenvalue weighted by molar-refractivity contribution is -0.132. The SMILES string of the molecule is COc1cccc(OCCc2ccc(C3=C(C(=O)N(C)CCc4ccccc4)C4CN(C(C)=O)CC(C3)N4)cc2)c1. The lowest BCUT2D eigenvalue weighted by Gasteiger charge is -2.44. The molecule has 214 valence electrons. The Morgan fingerprint density at radius 3 is 2.39 bits per heavy atom. The van der Waals surface area contributed by atoms with E-state index >= 15 is 0 Å². The molecule has 2 aliphatic heterocycles. The van der Waals surface area contributed by atoms with Gasteiger partial charge in [-0.2, -0.15) is 0 Å². The second-order valence-corrected chi connectivity index (χ2v) is 10.9. The number of likely N-dealkylation sites (N-methyl/N-ethyl adjacent to an activating group) is 1. The fourth-order valence-corrected chi connectivity index (χ4v) is 5.72. The number of hydrogen-bond acceptors (Lipinski definition) is 5. The van der Waals surface area contributed by atoms with Crippen LogP contribution in [-0.2, 0) is 22.4 Å². The van der Waals surface area contributed by atoms with Crippen molar-refractivity contribution in [2.24, 2.45) is 0 Å². The molecular formula is C34H39N3O4. The smallest absolute Gasteiger partial charge is 0.251 e. The largest absolute Gasteiger partial charge is 0.497 e. The van der Waals surface area contributed by atoms with Crippen LogP contribution in [0.4, 0.5) is 0 Å². The Kier molecular flexibility index (Phi) is 9.04. The summed E-state index contributed by atoms with van der Waals surface area (Å²) in [5, 5.41) is 3.64. The van der Waals surface area contributed by atoms with Crippen molar-refractivity contribution in [1.29, 1.82) is 0 Å². The zero-order chi connectivity index (χ0) is 28.8. The molecule has 2 bridgehead atoms. The molecule has 41 heavy (non-hydrogen) atoms. The van der Waals surface area contributed by atoms with Gasteiger partial charge in [-0.05, 0) is 47.2 Å². The summed E-state index contributed by atoms with van der Waals surface area (Å²) in [6.07, 6.45) is 2.26. The molecular weight excluding hydrogens is 514 g/mol. The molecule has 7 heteroatoms. The van der Waals surface area contributed by atoms with Crippen molar-refractivity contribution in [3.8, 4) is 11.5 Å². The molecule has 7 nitrogen and oxygen atoms in total. The highest BCUT2D eigenvalue weighted by atomic mass is 16.5. The summed E-state index contributed by atoms with van der Waals surface area (Å²) < 4.78 is 11.2. The molecule has 1 saturated heterocycles. The molecule has 3 aromatic carbocycles. The van der Waals surface area contributed by atoms with Gasteiger partial charge in [0.1, 0.15) is 11.5 Å². The van der Waals surface area contributed by atoms with Gasteiger partial charge in [0.05, 0.1) is 19.8 Å². The van der Waals surface area contributed by atoms with E-state index in [1.54, 1.807) is 14.0 Å². The Labute approximate surface area is 242 Å². The van der Waals surface area contributed by atoms with Crippen molar-refractivity contribution in [1.82, 2.24) is 15.1 Å². The number of hydrogen-bond donors (Lipinski definition) is 1. The van der Waals surface area contributed by atoms with Gasteiger partial charge in [-0.25, -0.2) is 0 Å². The van der Waals surface area contributed by atoms with Gasteiger partial charge in [-0.15, -0.1) is 0 Å². The van der Waals surface area contributed by atoms with E-state index in [1.807, 2.05) is 59.3 Å². The van der Waals surface area contributed by atoms with Crippen LogP contribution in [0.5, 0.6) is 11.5 Å². The number of methoxy groups -OCH3 is 1. The number of benzene rings is 3. The monoisotopic (exact) mass is 553 g/mol. The third-order valence-electron chi connectivity index (χ3n) is 8.01. The number of ether oxygens (including phenoxy) is 2. The Morgan fingerprint density at radius 1 is 0.927 bits per heavy atom. The number of carbonyl (C=O) groups is 2. The summed E-state index contributed by atoms with van der Waals surface area (Å²) in [7, 11) is 3.52. The zero-order valence-electron chi connectivity index (χ0n) is 24.1. The Morgan fingerprint density at radius 2 is 1.66 bits per heavy atom. The number of nitrogens with zero attached hydrogens (tertiary/aromatic N) is 2. The summed E-state index contributed by atoms with van der Waals surface area (Å²) in [5.41, 5.74) is 5.29. The standard InChI is InChI=1S/C34H39N3O4/c1-24(38)37-22-28-20-31(27-14-12-26(13-15-27)17-19-41-30-11-7-10-29(21-30)40-3)33(32(23-37)35-28)34(39)36(2)18-16-25-8-5-4-6-9-25/h4-15,21,28,32,35H,16-20,22-23H2,1-3H3. The first-order valence-corrected chi connectivity index (χ1v) is 14.3. The quantitative estimate of drug-likeness (QED) is 0.404. The minimum atomic E-state index is -0.191. The van der Waals surface area contributed by atoms with Crippen molar-refractivity contribution in [2.45, 2.75) is 38.3 Å². The minimum Gasteiger partial charge on any atom is -0.497 e. The Hall–Kier alpha value is -4.10. The van der Waals surface area contributed by atoms with Gasteiger partial charge in [0.25, 0.3) is 5.91 Å². The van der Waals surface area contributed by atoms with Crippen LogP contribution in [0.15, 0.2) is 84.4 Å². The minimum absolute atomic E-state index is 0.0213. The van der Waals surface area contributed by atoms with E-state index in [2.05, 4.69) is 41.7 Å². The van der Waals surface area contributed by atoms with E-state index in [9.17, 15) is 9.59 Å². The number of carbonyl (C=O) groups excluding carboxylic acids is 2. The van der Waals surface area contributed by atoms with E-state index in [0.717, 1.165) is 41.1 Å². The van der Waals surface area contributed by atoms with Gasteiger partial charge in [0.2, 0.25) is 5.91 Å². The van der Waals surface area contributed by atoms with Crippen LogP contribution in [0.2, 0.25) is 0 Å². The summed E-state index contributed by atoms with van der Waals surface area (Å²) >= 11 is 0. The van der Waals surface area contributed by atoms with Crippen molar-refractivity contribution in [3.63, 3.8) is 0 Å². The van der Waals surface area contributed by atoms with Gasteiger partial charge >= 0.3 is 0 Å². The number of rotatable bonds is 10. The molecule has 2 amide bonds. The van der Waals surface area contributed by atoms with Crippen LogP contribution >= 0.6 is 0 Å². The Balaban J connectivity index is 1.33. The highest BCUT2D eigenvalue weighted by Crippen LogP contribution is 2.34. The maximum atomic E-state index is 14.0. The first-order valence-electron chi connectivity index (χ1n) is 14.3. The van der Waals surface area contributed by atoms with E-state index in [4.69, 9.17) is 9.47 Å². The van der Waals surface area contributed by atoms with Crippen LogP contribution in [-0.4, -0.2) is 74.1 Å². The lowest BCUT2D eigenvalue weighted by Crippen LogP contribution is -2.61. The van der Waals surface area contributed by atoms with E-state index in [-0.39, 0.29) is 23.9 Å². The predicted molar refractivity (Wildman–Crippen MR) is 161 cm³/mol.